The summed E-state index contributed by atoms with van der Waals surface area (Å²) < 4.78 is 5.54. The maximum atomic E-state index is 11.0. The second-order valence-electron chi connectivity index (χ2n) is 6.29. The highest BCUT2D eigenvalue weighted by Gasteiger charge is 2.17. The number of carbonyl (C=O) groups is 2. The van der Waals surface area contributed by atoms with E-state index in [0.717, 1.165) is 19.3 Å². The van der Waals surface area contributed by atoms with Crippen molar-refractivity contribution in [2.75, 3.05) is 17.2 Å². The van der Waals surface area contributed by atoms with Gasteiger partial charge in [-0.3, -0.25) is 9.59 Å². The lowest BCUT2D eigenvalue weighted by molar-refractivity contribution is -0.138. The molecule has 2 atom stereocenters. The highest BCUT2D eigenvalue weighted by Crippen LogP contribution is 2.14. The fourth-order valence-electron chi connectivity index (χ4n) is 2.11. The van der Waals surface area contributed by atoms with Crippen molar-refractivity contribution >= 4 is 23.8 Å². The molecular weight excluding hydrogens is 354 g/mol. The van der Waals surface area contributed by atoms with E-state index in [2.05, 4.69) is 32.5 Å². The maximum Gasteiger partial charge on any atom is 0.325 e. The van der Waals surface area contributed by atoms with Crippen LogP contribution in [0.3, 0.4) is 0 Å². The van der Waals surface area contributed by atoms with E-state index in [1.807, 2.05) is 0 Å². The van der Waals surface area contributed by atoms with E-state index in [-0.39, 0.29) is 17.9 Å². The summed E-state index contributed by atoms with van der Waals surface area (Å²) in [5.74, 6) is -2.15. The summed E-state index contributed by atoms with van der Waals surface area (Å²) in [5.41, 5.74) is 0. The summed E-state index contributed by atoms with van der Waals surface area (Å²) in [7, 11) is 0. The number of hydrogen-bond acceptors (Lipinski definition) is 8. The Kier molecular flexibility index (Phi) is 9.84. The lowest BCUT2D eigenvalue weighted by Gasteiger charge is -2.14. The molecular formula is C17H29N5O5. The number of ether oxygens (including phenoxy) is 1. The predicted molar refractivity (Wildman–Crippen MR) is 100 cm³/mol. The maximum absolute atomic E-state index is 11.0. The first-order chi connectivity index (χ1) is 12.8. The summed E-state index contributed by atoms with van der Waals surface area (Å²) >= 11 is 0. The number of aliphatic carboxylic acids is 2. The van der Waals surface area contributed by atoms with Crippen LogP contribution in [0, 0.1) is 0 Å². The quantitative estimate of drug-likeness (QED) is 0.353. The molecule has 0 amide bonds. The van der Waals surface area contributed by atoms with Crippen LogP contribution in [0.4, 0.5) is 11.9 Å². The molecule has 2 unspecified atom stereocenters. The average Bonchev–Trinajstić information content (AvgIpc) is 2.60. The van der Waals surface area contributed by atoms with Gasteiger partial charge in [0.1, 0.15) is 12.1 Å². The number of unbranched alkanes of at least 4 members (excludes halogenated alkanes) is 5. The molecule has 0 aliphatic heterocycles. The van der Waals surface area contributed by atoms with Crippen molar-refractivity contribution in [3.63, 3.8) is 0 Å². The minimum absolute atomic E-state index is 0.00191. The van der Waals surface area contributed by atoms with Crippen molar-refractivity contribution in [2.24, 2.45) is 0 Å². The Bertz CT molecular complexity index is 573. The fraction of sp³-hybridized carbons (Fsp3) is 0.706. The highest BCUT2D eigenvalue weighted by molar-refractivity contribution is 5.76. The van der Waals surface area contributed by atoms with E-state index in [9.17, 15) is 9.59 Å². The van der Waals surface area contributed by atoms with E-state index in [4.69, 9.17) is 14.9 Å². The molecule has 1 rings (SSSR count). The molecule has 0 aliphatic carbocycles. The largest absolute Gasteiger partial charge is 0.480 e. The van der Waals surface area contributed by atoms with E-state index in [0.29, 0.717) is 6.61 Å². The third-order valence-electron chi connectivity index (χ3n) is 3.78. The average molecular weight is 383 g/mol. The molecule has 4 N–H and O–H groups in total. The number of carboxylic acids is 2. The van der Waals surface area contributed by atoms with Crippen LogP contribution in [0.15, 0.2) is 0 Å². The molecule has 10 nitrogen and oxygen atoms in total. The Labute approximate surface area is 158 Å². The fourth-order valence-corrected chi connectivity index (χ4v) is 2.11. The zero-order valence-corrected chi connectivity index (χ0v) is 16.1. The van der Waals surface area contributed by atoms with Crippen LogP contribution < -0.4 is 15.4 Å². The van der Waals surface area contributed by atoms with Gasteiger partial charge < -0.3 is 25.6 Å². The minimum atomic E-state index is -1.07. The van der Waals surface area contributed by atoms with Gasteiger partial charge in [0.05, 0.1) is 6.61 Å². The van der Waals surface area contributed by atoms with Gasteiger partial charge in [-0.15, -0.1) is 0 Å². The van der Waals surface area contributed by atoms with Crippen LogP contribution in [-0.2, 0) is 9.59 Å². The van der Waals surface area contributed by atoms with Crippen LogP contribution >= 0.6 is 0 Å². The number of carboxylic acid groups (broad SMARTS) is 2. The molecule has 0 aliphatic rings. The Morgan fingerprint density at radius 1 is 0.889 bits per heavy atom. The van der Waals surface area contributed by atoms with Crippen LogP contribution in [0.5, 0.6) is 6.01 Å². The van der Waals surface area contributed by atoms with E-state index >= 15 is 0 Å². The number of anilines is 2. The number of aromatic nitrogens is 3. The van der Waals surface area contributed by atoms with E-state index < -0.39 is 24.0 Å². The monoisotopic (exact) mass is 383 g/mol. The first-order valence-electron chi connectivity index (χ1n) is 9.21. The van der Waals surface area contributed by atoms with Gasteiger partial charge in [-0.2, -0.15) is 15.0 Å². The molecule has 27 heavy (non-hydrogen) atoms. The molecule has 0 aromatic carbocycles. The summed E-state index contributed by atoms with van der Waals surface area (Å²) in [6, 6.07) is -1.84. The van der Waals surface area contributed by atoms with Gasteiger partial charge in [0.25, 0.3) is 0 Å². The number of nitrogens with one attached hydrogen (secondary N) is 2. The summed E-state index contributed by atoms with van der Waals surface area (Å²) in [6.45, 7) is 5.46. The van der Waals surface area contributed by atoms with Gasteiger partial charge in [-0.25, -0.2) is 0 Å². The van der Waals surface area contributed by atoms with Crippen molar-refractivity contribution in [1.29, 1.82) is 0 Å². The summed E-state index contributed by atoms with van der Waals surface area (Å²) in [5, 5.41) is 23.2. The number of hydrogen-bond donors (Lipinski definition) is 4. The Balaban J connectivity index is 2.72. The Morgan fingerprint density at radius 2 is 1.37 bits per heavy atom. The highest BCUT2D eigenvalue weighted by atomic mass is 16.5. The molecule has 0 radical (unpaired) electrons. The van der Waals surface area contributed by atoms with E-state index in [1.54, 1.807) is 0 Å². The van der Waals surface area contributed by atoms with Gasteiger partial charge in [-0.05, 0) is 20.3 Å². The molecule has 1 aromatic heterocycles. The molecule has 0 saturated carbocycles. The van der Waals surface area contributed by atoms with E-state index in [1.165, 1.54) is 33.1 Å². The van der Waals surface area contributed by atoms with Crippen molar-refractivity contribution in [1.82, 2.24) is 15.0 Å². The van der Waals surface area contributed by atoms with Crippen molar-refractivity contribution in [3.05, 3.63) is 0 Å². The van der Waals surface area contributed by atoms with Crippen LogP contribution in [-0.4, -0.2) is 55.8 Å². The smallest absolute Gasteiger partial charge is 0.325 e. The normalized spacial score (nSPS) is 12.9. The van der Waals surface area contributed by atoms with Gasteiger partial charge in [0, 0.05) is 0 Å². The zero-order valence-electron chi connectivity index (χ0n) is 16.1. The molecule has 0 spiro atoms. The van der Waals surface area contributed by atoms with Crippen molar-refractivity contribution in [3.8, 4) is 6.01 Å². The summed E-state index contributed by atoms with van der Waals surface area (Å²) in [4.78, 5) is 34.1. The first kappa shape index (κ1) is 22.4. The molecule has 152 valence electrons. The molecule has 0 saturated heterocycles. The lowest BCUT2D eigenvalue weighted by atomic mass is 10.1. The molecule has 0 bridgehead atoms. The standard InChI is InChI=1S/C17H29N5O5/c1-4-5-6-7-8-9-10-27-17-21-15(18-11(2)13(23)24)20-16(22-17)19-12(3)14(25)26/h11-12H,4-10H2,1-3H3,(H,23,24)(H,25,26)(H2,18,19,20,21,22). The van der Waals surface area contributed by atoms with Crippen LogP contribution in [0.2, 0.25) is 0 Å². The number of nitrogens with zero attached hydrogens (tertiary/aromatic N) is 3. The zero-order chi connectivity index (χ0) is 20.2. The third kappa shape index (κ3) is 9.02. The van der Waals surface area contributed by atoms with Crippen molar-refractivity contribution < 1.29 is 24.5 Å². The van der Waals surface area contributed by atoms with Gasteiger partial charge in [0.2, 0.25) is 11.9 Å². The number of rotatable bonds is 14. The Hall–Kier alpha value is -2.65. The molecule has 1 heterocycles. The summed E-state index contributed by atoms with van der Waals surface area (Å²) in [6.07, 6.45) is 6.63. The second-order valence-corrected chi connectivity index (χ2v) is 6.29. The first-order valence-corrected chi connectivity index (χ1v) is 9.21. The van der Waals surface area contributed by atoms with Gasteiger partial charge in [0.15, 0.2) is 0 Å². The predicted octanol–water partition coefficient (Wildman–Crippen LogP) is 2.38. The van der Waals surface area contributed by atoms with Gasteiger partial charge in [-0.1, -0.05) is 39.0 Å². The van der Waals surface area contributed by atoms with Gasteiger partial charge >= 0.3 is 17.9 Å². The topological polar surface area (TPSA) is 147 Å². The Morgan fingerprint density at radius 3 is 1.85 bits per heavy atom. The lowest BCUT2D eigenvalue weighted by Crippen LogP contribution is -2.29. The second kappa shape index (κ2) is 11.9. The van der Waals surface area contributed by atoms with Crippen LogP contribution in [0.25, 0.3) is 0 Å². The van der Waals surface area contributed by atoms with Crippen LogP contribution in [0.1, 0.15) is 59.3 Å². The SMILES string of the molecule is CCCCCCCCOc1nc(NC(C)C(=O)O)nc(NC(C)C(=O)O)n1. The third-order valence-corrected chi connectivity index (χ3v) is 3.78. The molecule has 10 heteroatoms. The molecule has 0 fully saturated rings. The minimum Gasteiger partial charge on any atom is -0.480 e. The molecule has 1 aromatic rings. The van der Waals surface area contributed by atoms with Crippen molar-refractivity contribution in [2.45, 2.75) is 71.4 Å².